The van der Waals surface area contributed by atoms with Gasteiger partial charge in [0.15, 0.2) is 5.78 Å². The van der Waals surface area contributed by atoms with Crippen LogP contribution >= 0.6 is 0 Å². The van der Waals surface area contributed by atoms with Crippen molar-refractivity contribution in [2.45, 2.75) is 72.3 Å². The van der Waals surface area contributed by atoms with E-state index >= 15 is 0 Å². The summed E-state index contributed by atoms with van der Waals surface area (Å²) < 4.78 is 1.88. The fourth-order valence-corrected chi connectivity index (χ4v) is 10.3. The van der Waals surface area contributed by atoms with E-state index in [9.17, 15) is 4.79 Å². The quantitative estimate of drug-likeness (QED) is 0.581. The van der Waals surface area contributed by atoms with Crippen molar-refractivity contribution in [2.24, 2.45) is 64.6 Å². The molecule has 0 radical (unpaired) electrons. The Hall–Kier alpha value is -1.71. The molecule has 0 spiro atoms. The van der Waals surface area contributed by atoms with Crippen molar-refractivity contribution < 1.29 is 4.79 Å². The number of aromatic nitrogens is 3. The number of pyridine rings is 1. The van der Waals surface area contributed by atoms with Crippen molar-refractivity contribution in [3.05, 3.63) is 24.7 Å². The van der Waals surface area contributed by atoms with Gasteiger partial charge in [-0.3, -0.25) is 14.5 Å². The largest absolute Gasteiger partial charge is 0.297 e. The second-order valence-corrected chi connectivity index (χ2v) is 13.0. The van der Waals surface area contributed by atoms with Crippen molar-refractivity contribution in [3.63, 3.8) is 0 Å². The predicted molar refractivity (Wildman–Crippen MR) is 129 cm³/mol. The molecule has 0 aliphatic heterocycles. The molecule has 5 aliphatic carbocycles. The first-order valence-corrected chi connectivity index (χ1v) is 13.8. The Morgan fingerprint density at radius 3 is 2.79 bits per heavy atom. The van der Waals surface area contributed by atoms with Gasteiger partial charge in [-0.15, -0.1) is 0 Å². The Balaban J connectivity index is 1.16. The van der Waals surface area contributed by atoms with Gasteiger partial charge in [0.2, 0.25) is 0 Å². The molecule has 0 aromatic carbocycles. The summed E-state index contributed by atoms with van der Waals surface area (Å²) in [5, 5.41) is 5.73. The van der Waals surface area contributed by atoms with E-state index in [0.29, 0.717) is 18.2 Å². The molecule has 0 bridgehead atoms. The number of rotatable bonds is 3. The highest BCUT2D eigenvalue weighted by atomic mass is 16.1. The summed E-state index contributed by atoms with van der Waals surface area (Å²) in [7, 11) is 0. The van der Waals surface area contributed by atoms with Gasteiger partial charge in [0.1, 0.15) is 5.52 Å². The summed E-state index contributed by atoms with van der Waals surface area (Å²) in [4.78, 5) is 18.1. The third-order valence-electron chi connectivity index (χ3n) is 11.6. The Labute approximate surface area is 197 Å². The molecule has 11 atom stereocenters. The fraction of sp³-hybridized carbons (Fsp3) is 0.759. The number of carbonyl (C=O) groups is 1. The first-order chi connectivity index (χ1) is 16.0. The van der Waals surface area contributed by atoms with Gasteiger partial charge >= 0.3 is 0 Å². The zero-order valence-electron chi connectivity index (χ0n) is 20.5. The lowest BCUT2D eigenvalue weighted by Crippen LogP contribution is -2.51. The van der Waals surface area contributed by atoms with Crippen LogP contribution in [-0.2, 0) is 11.3 Å². The third-order valence-corrected chi connectivity index (χ3v) is 11.6. The Bertz CT molecular complexity index is 1060. The number of ketones is 1. The lowest BCUT2D eigenvalue weighted by Gasteiger charge is -2.57. The highest BCUT2D eigenvalue weighted by Crippen LogP contribution is 2.76. The van der Waals surface area contributed by atoms with E-state index in [-0.39, 0.29) is 11.3 Å². The van der Waals surface area contributed by atoms with Crippen LogP contribution in [-0.4, -0.2) is 20.5 Å². The molecule has 1 unspecified atom stereocenters. The maximum atomic E-state index is 13.9. The highest BCUT2D eigenvalue weighted by molar-refractivity contribution is 5.84. The SMILES string of the molecule is C[C@H]1CC[C@H]2[C@H](CC[C@H]3C4[C@@H]5[C@H](C)[C@@H]5[C@H](C(=O)Cn5cc6ccncc6n5)[C@@]4(C)CC[C@H]23)C1. The van der Waals surface area contributed by atoms with Crippen molar-refractivity contribution in [3.8, 4) is 0 Å². The average Bonchev–Trinajstić information content (AvgIpc) is 3.15. The monoisotopic (exact) mass is 445 g/mol. The average molecular weight is 446 g/mol. The summed E-state index contributed by atoms with van der Waals surface area (Å²) in [6.45, 7) is 7.87. The minimum atomic E-state index is 0.211. The molecule has 2 aromatic rings. The molecule has 2 aromatic heterocycles. The van der Waals surface area contributed by atoms with Crippen molar-refractivity contribution in [2.75, 3.05) is 0 Å². The van der Waals surface area contributed by atoms with Gasteiger partial charge in [-0.05, 0) is 103 Å². The number of Topliss-reactive ketones (excluding diaryl/α,β-unsaturated/α-hetero) is 1. The van der Waals surface area contributed by atoms with Gasteiger partial charge in [0.25, 0.3) is 0 Å². The highest BCUT2D eigenvalue weighted by Gasteiger charge is 2.73. The maximum Gasteiger partial charge on any atom is 0.158 e. The van der Waals surface area contributed by atoms with E-state index < -0.39 is 0 Å². The molecule has 33 heavy (non-hydrogen) atoms. The van der Waals surface area contributed by atoms with Crippen LogP contribution in [0.3, 0.4) is 0 Å². The molecular formula is C29H39N3O. The minimum Gasteiger partial charge on any atom is -0.297 e. The van der Waals surface area contributed by atoms with Crippen LogP contribution < -0.4 is 0 Å². The molecule has 2 heterocycles. The molecule has 5 saturated carbocycles. The van der Waals surface area contributed by atoms with Crippen molar-refractivity contribution in [1.82, 2.24) is 14.8 Å². The van der Waals surface area contributed by atoms with Crippen LogP contribution in [0.15, 0.2) is 24.7 Å². The minimum absolute atomic E-state index is 0.211. The smallest absolute Gasteiger partial charge is 0.158 e. The predicted octanol–water partition coefficient (Wildman–Crippen LogP) is 6.01. The number of carbonyl (C=O) groups excluding carboxylic acids is 1. The van der Waals surface area contributed by atoms with Gasteiger partial charge in [0.05, 0.1) is 12.7 Å². The van der Waals surface area contributed by atoms with Crippen LogP contribution in [0.25, 0.3) is 10.9 Å². The second-order valence-electron chi connectivity index (χ2n) is 13.0. The Kier molecular flexibility index (Phi) is 4.47. The van der Waals surface area contributed by atoms with Crippen LogP contribution in [0, 0.1) is 64.6 Å². The molecule has 5 fully saturated rings. The summed E-state index contributed by atoms with van der Waals surface area (Å²) in [5.41, 5.74) is 1.10. The van der Waals surface area contributed by atoms with Crippen molar-refractivity contribution in [1.29, 1.82) is 0 Å². The Morgan fingerprint density at radius 2 is 1.94 bits per heavy atom. The van der Waals surface area contributed by atoms with E-state index in [0.717, 1.165) is 58.2 Å². The molecule has 0 N–H and O–H groups in total. The van der Waals surface area contributed by atoms with Crippen LogP contribution in [0.5, 0.6) is 0 Å². The van der Waals surface area contributed by atoms with E-state index in [1.165, 1.54) is 44.9 Å². The van der Waals surface area contributed by atoms with Gasteiger partial charge in [-0.25, -0.2) is 0 Å². The fourth-order valence-electron chi connectivity index (χ4n) is 10.3. The lowest BCUT2D eigenvalue weighted by molar-refractivity contribution is -0.135. The standard InChI is InChI=1S/C29H39N3O/c1-16-4-6-20-18(12-16)5-7-22-21(20)8-10-29(3)27(22)25-17(2)26(25)28(29)24(33)15-32-14-19-9-11-30-13-23(19)31-32/h9,11,13-14,16-18,20-22,25-28H,4-8,10,12,15H2,1-3H3/t16-,17-,18+,20-,21+,22+,25+,26-,27?,28-,29-/m0/s1. The van der Waals surface area contributed by atoms with Crippen LogP contribution in [0.2, 0.25) is 0 Å². The van der Waals surface area contributed by atoms with E-state index in [2.05, 4.69) is 30.9 Å². The zero-order chi connectivity index (χ0) is 22.5. The molecule has 176 valence electrons. The van der Waals surface area contributed by atoms with Gasteiger partial charge in [-0.1, -0.05) is 27.2 Å². The molecule has 5 aliphatic rings. The number of hydrogen-bond donors (Lipinski definition) is 0. The van der Waals surface area contributed by atoms with E-state index in [1.54, 1.807) is 12.4 Å². The van der Waals surface area contributed by atoms with Crippen LogP contribution in [0.1, 0.15) is 65.7 Å². The summed E-state index contributed by atoms with van der Waals surface area (Å²) in [6.07, 6.45) is 15.6. The van der Waals surface area contributed by atoms with Gasteiger partial charge in [0, 0.05) is 23.7 Å². The van der Waals surface area contributed by atoms with Gasteiger partial charge in [-0.2, -0.15) is 5.10 Å². The molecule has 0 amide bonds. The first kappa shape index (κ1) is 20.6. The van der Waals surface area contributed by atoms with Crippen molar-refractivity contribution >= 4 is 16.7 Å². The van der Waals surface area contributed by atoms with E-state index in [4.69, 9.17) is 0 Å². The number of hydrogen-bond acceptors (Lipinski definition) is 3. The third kappa shape index (κ3) is 2.91. The summed E-state index contributed by atoms with van der Waals surface area (Å²) >= 11 is 0. The number of fused-ring (bicyclic) bond motifs is 8. The topological polar surface area (TPSA) is 47.8 Å². The molecule has 7 rings (SSSR count). The molecular weight excluding hydrogens is 406 g/mol. The molecule has 0 saturated heterocycles. The normalized spacial score (nSPS) is 48.0. The number of nitrogens with zero attached hydrogens (tertiary/aromatic N) is 3. The summed E-state index contributed by atoms with van der Waals surface area (Å²) in [6, 6.07) is 1.98. The van der Waals surface area contributed by atoms with E-state index in [1.807, 2.05) is 16.9 Å². The summed E-state index contributed by atoms with van der Waals surface area (Å²) in [5.74, 6) is 8.37. The molecule has 4 nitrogen and oxygen atoms in total. The maximum absolute atomic E-state index is 13.9. The first-order valence-electron chi connectivity index (χ1n) is 13.8. The van der Waals surface area contributed by atoms with Gasteiger partial charge < -0.3 is 0 Å². The lowest BCUT2D eigenvalue weighted by atomic mass is 9.47. The van der Waals surface area contributed by atoms with Crippen LogP contribution in [0.4, 0.5) is 0 Å². The second kappa shape index (κ2) is 7.15. The zero-order valence-corrected chi connectivity index (χ0v) is 20.5. The molecule has 4 heteroatoms. The Morgan fingerprint density at radius 1 is 1.09 bits per heavy atom.